The SMILES string of the molecule is CCOC(=O)c1ccc(OC(=O)c2cccc(C)c2)cc1. The molecule has 108 valence electrons. The zero-order valence-corrected chi connectivity index (χ0v) is 12.0. The highest BCUT2D eigenvalue weighted by atomic mass is 16.5. The summed E-state index contributed by atoms with van der Waals surface area (Å²) in [6, 6.07) is 13.4. The summed E-state index contributed by atoms with van der Waals surface area (Å²) in [6.07, 6.45) is 0. The van der Waals surface area contributed by atoms with Crippen LogP contribution in [0.5, 0.6) is 5.75 Å². The molecule has 0 saturated heterocycles. The van der Waals surface area contributed by atoms with Gasteiger partial charge in [0.05, 0.1) is 17.7 Å². The lowest BCUT2D eigenvalue weighted by Gasteiger charge is -2.06. The van der Waals surface area contributed by atoms with Gasteiger partial charge in [-0.25, -0.2) is 9.59 Å². The first-order chi connectivity index (χ1) is 10.1. The van der Waals surface area contributed by atoms with Gasteiger partial charge in [-0.1, -0.05) is 17.7 Å². The van der Waals surface area contributed by atoms with Crippen molar-refractivity contribution in [3.05, 3.63) is 65.2 Å². The van der Waals surface area contributed by atoms with Crippen LogP contribution in [0.2, 0.25) is 0 Å². The normalized spacial score (nSPS) is 10.0. The fourth-order valence-corrected chi connectivity index (χ4v) is 1.81. The van der Waals surface area contributed by atoms with Crippen molar-refractivity contribution in [3.63, 3.8) is 0 Å². The molecule has 0 aliphatic carbocycles. The van der Waals surface area contributed by atoms with E-state index in [0.29, 0.717) is 23.5 Å². The third kappa shape index (κ3) is 3.92. The molecule has 0 fully saturated rings. The molecule has 0 spiro atoms. The third-order valence-electron chi connectivity index (χ3n) is 2.83. The molecule has 0 radical (unpaired) electrons. The van der Waals surface area contributed by atoms with E-state index in [1.807, 2.05) is 13.0 Å². The number of ether oxygens (including phenoxy) is 2. The van der Waals surface area contributed by atoms with Gasteiger partial charge in [0.1, 0.15) is 5.75 Å². The van der Waals surface area contributed by atoms with Gasteiger partial charge in [0.25, 0.3) is 0 Å². The molecule has 4 heteroatoms. The molecule has 2 aromatic rings. The average molecular weight is 284 g/mol. The van der Waals surface area contributed by atoms with Crippen LogP contribution in [0.4, 0.5) is 0 Å². The van der Waals surface area contributed by atoms with Crippen LogP contribution in [-0.4, -0.2) is 18.5 Å². The highest BCUT2D eigenvalue weighted by molar-refractivity contribution is 5.92. The number of carbonyl (C=O) groups is 2. The molecule has 21 heavy (non-hydrogen) atoms. The Kier molecular flexibility index (Phi) is 4.72. The molecule has 0 aliphatic rings. The molecule has 0 N–H and O–H groups in total. The summed E-state index contributed by atoms with van der Waals surface area (Å²) in [6.45, 7) is 3.98. The Morgan fingerprint density at radius 3 is 2.29 bits per heavy atom. The highest BCUT2D eigenvalue weighted by Gasteiger charge is 2.10. The number of hydrogen-bond donors (Lipinski definition) is 0. The molecule has 0 unspecified atom stereocenters. The molecule has 0 aliphatic heterocycles. The Morgan fingerprint density at radius 1 is 0.952 bits per heavy atom. The van der Waals surface area contributed by atoms with E-state index in [4.69, 9.17) is 9.47 Å². The first-order valence-electron chi connectivity index (χ1n) is 6.66. The lowest BCUT2D eigenvalue weighted by molar-refractivity contribution is 0.0526. The van der Waals surface area contributed by atoms with Crippen LogP contribution in [0.1, 0.15) is 33.2 Å². The van der Waals surface area contributed by atoms with E-state index >= 15 is 0 Å². The Hall–Kier alpha value is -2.62. The highest BCUT2D eigenvalue weighted by Crippen LogP contribution is 2.15. The summed E-state index contributed by atoms with van der Waals surface area (Å²) in [7, 11) is 0. The smallest absolute Gasteiger partial charge is 0.343 e. The molecule has 0 heterocycles. The van der Waals surface area contributed by atoms with Gasteiger partial charge >= 0.3 is 11.9 Å². The summed E-state index contributed by atoms with van der Waals surface area (Å²) in [5.74, 6) is -0.439. The predicted molar refractivity (Wildman–Crippen MR) is 78.5 cm³/mol. The summed E-state index contributed by atoms with van der Waals surface area (Å²) >= 11 is 0. The van der Waals surface area contributed by atoms with Gasteiger partial charge in [0.15, 0.2) is 0 Å². The van der Waals surface area contributed by atoms with Gasteiger partial charge in [-0.3, -0.25) is 0 Å². The second-order valence-electron chi connectivity index (χ2n) is 4.50. The molecule has 2 rings (SSSR count). The van der Waals surface area contributed by atoms with Gasteiger partial charge in [0.2, 0.25) is 0 Å². The predicted octanol–water partition coefficient (Wildman–Crippen LogP) is 3.39. The molecule has 0 amide bonds. The second kappa shape index (κ2) is 6.70. The van der Waals surface area contributed by atoms with Crippen LogP contribution in [0.15, 0.2) is 48.5 Å². The largest absolute Gasteiger partial charge is 0.462 e. The lowest BCUT2D eigenvalue weighted by atomic mass is 10.1. The molecule has 0 aromatic heterocycles. The Bertz CT molecular complexity index is 644. The molecule has 0 atom stereocenters. The first-order valence-corrected chi connectivity index (χ1v) is 6.66. The first kappa shape index (κ1) is 14.8. The van der Waals surface area contributed by atoms with Crippen molar-refractivity contribution in [2.45, 2.75) is 13.8 Å². The fraction of sp³-hybridized carbons (Fsp3) is 0.176. The van der Waals surface area contributed by atoms with Crippen LogP contribution in [0, 0.1) is 6.92 Å². The van der Waals surface area contributed by atoms with Gasteiger partial charge < -0.3 is 9.47 Å². The van der Waals surface area contributed by atoms with E-state index in [1.54, 1.807) is 49.4 Å². The second-order valence-corrected chi connectivity index (χ2v) is 4.50. The maximum absolute atomic E-state index is 12.0. The van der Waals surface area contributed by atoms with E-state index in [0.717, 1.165) is 5.56 Å². The molecular weight excluding hydrogens is 268 g/mol. The Morgan fingerprint density at radius 2 is 1.67 bits per heavy atom. The third-order valence-corrected chi connectivity index (χ3v) is 2.83. The van der Waals surface area contributed by atoms with E-state index in [1.165, 1.54) is 0 Å². The number of aryl methyl sites for hydroxylation is 1. The molecule has 2 aromatic carbocycles. The summed E-state index contributed by atoms with van der Waals surface area (Å²) in [5.41, 5.74) is 1.90. The van der Waals surface area contributed by atoms with Crippen LogP contribution in [0.25, 0.3) is 0 Å². The van der Waals surface area contributed by atoms with Gasteiger partial charge in [-0.2, -0.15) is 0 Å². The van der Waals surface area contributed by atoms with Gasteiger partial charge in [-0.15, -0.1) is 0 Å². The standard InChI is InChI=1S/C17H16O4/c1-3-20-16(18)13-7-9-15(10-8-13)21-17(19)14-6-4-5-12(2)11-14/h4-11H,3H2,1-2H3. The van der Waals surface area contributed by atoms with Gasteiger partial charge in [0, 0.05) is 0 Å². The zero-order valence-electron chi connectivity index (χ0n) is 12.0. The maximum atomic E-state index is 12.0. The summed E-state index contributed by atoms with van der Waals surface area (Å²) in [4.78, 5) is 23.5. The van der Waals surface area contributed by atoms with E-state index < -0.39 is 11.9 Å². The topological polar surface area (TPSA) is 52.6 Å². The molecular formula is C17H16O4. The van der Waals surface area contributed by atoms with Crippen molar-refractivity contribution in [1.82, 2.24) is 0 Å². The molecule has 0 saturated carbocycles. The average Bonchev–Trinajstić information content (AvgIpc) is 2.48. The molecule has 4 nitrogen and oxygen atoms in total. The summed E-state index contributed by atoms with van der Waals surface area (Å²) < 4.78 is 10.1. The quantitative estimate of drug-likeness (QED) is 0.638. The minimum absolute atomic E-state index is 0.322. The number of hydrogen-bond acceptors (Lipinski definition) is 4. The van der Waals surface area contributed by atoms with Crippen LogP contribution < -0.4 is 4.74 Å². The fourth-order valence-electron chi connectivity index (χ4n) is 1.81. The number of esters is 2. The van der Waals surface area contributed by atoms with Crippen LogP contribution >= 0.6 is 0 Å². The van der Waals surface area contributed by atoms with Crippen molar-refractivity contribution >= 4 is 11.9 Å². The van der Waals surface area contributed by atoms with E-state index in [2.05, 4.69) is 0 Å². The number of rotatable bonds is 4. The van der Waals surface area contributed by atoms with Crippen molar-refractivity contribution in [2.24, 2.45) is 0 Å². The van der Waals surface area contributed by atoms with Crippen LogP contribution in [-0.2, 0) is 4.74 Å². The van der Waals surface area contributed by atoms with Crippen LogP contribution in [0.3, 0.4) is 0 Å². The Balaban J connectivity index is 2.06. The van der Waals surface area contributed by atoms with E-state index in [9.17, 15) is 9.59 Å². The Labute approximate surface area is 123 Å². The van der Waals surface area contributed by atoms with E-state index in [-0.39, 0.29) is 0 Å². The molecule has 0 bridgehead atoms. The van der Waals surface area contributed by atoms with Crippen molar-refractivity contribution < 1.29 is 19.1 Å². The monoisotopic (exact) mass is 284 g/mol. The number of benzene rings is 2. The minimum Gasteiger partial charge on any atom is -0.462 e. The lowest BCUT2D eigenvalue weighted by Crippen LogP contribution is -2.09. The maximum Gasteiger partial charge on any atom is 0.343 e. The van der Waals surface area contributed by atoms with Crippen molar-refractivity contribution in [1.29, 1.82) is 0 Å². The summed E-state index contributed by atoms with van der Waals surface area (Å²) in [5, 5.41) is 0. The van der Waals surface area contributed by atoms with Crippen molar-refractivity contribution in [2.75, 3.05) is 6.61 Å². The zero-order chi connectivity index (χ0) is 15.2. The number of carbonyl (C=O) groups excluding carboxylic acids is 2. The van der Waals surface area contributed by atoms with Gasteiger partial charge in [-0.05, 0) is 50.2 Å². The van der Waals surface area contributed by atoms with Crippen molar-refractivity contribution in [3.8, 4) is 5.75 Å². The minimum atomic E-state index is -0.428.